The molecule has 110 valence electrons. The van der Waals surface area contributed by atoms with E-state index in [0.29, 0.717) is 18.7 Å². The molecular weight excluding hydrogens is 266 g/mol. The van der Waals surface area contributed by atoms with Gasteiger partial charge < -0.3 is 10.6 Å². The highest BCUT2D eigenvalue weighted by Crippen LogP contribution is 2.25. The van der Waals surface area contributed by atoms with Crippen LogP contribution in [0.15, 0.2) is 48.5 Å². The Morgan fingerprint density at radius 2 is 1.90 bits per heavy atom. The number of anilines is 1. The SMILES string of the molecule is Cc1cc(N(CCN)Cc2ccccc2)ccc1[N+](=O)[O-]. The lowest BCUT2D eigenvalue weighted by molar-refractivity contribution is -0.385. The van der Waals surface area contributed by atoms with E-state index >= 15 is 0 Å². The number of rotatable bonds is 6. The topological polar surface area (TPSA) is 72.4 Å². The largest absolute Gasteiger partial charge is 0.366 e. The molecule has 2 aromatic carbocycles. The summed E-state index contributed by atoms with van der Waals surface area (Å²) in [6, 6.07) is 15.3. The Kier molecular flexibility index (Phi) is 4.90. The van der Waals surface area contributed by atoms with E-state index < -0.39 is 0 Å². The fraction of sp³-hybridized carbons (Fsp3) is 0.250. The van der Waals surface area contributed by atoms with Crippen LogP contribution >= 0.6 is 0 Å². The number of benzene rings is 2. The molecule has 5 nitrogen and oxygen atoms in total. The number of hydrogen-bond donors (Lipinski definition) is 1. The van der Waals surface area contributed by atoms with Crippen molar-refractivity contribution >= 4 is 11.4 Å². The van der Waals surface area contributed by atoms with Crippen LogP contribution in [0.25, 0.3) is 0 Å². The lowest BCUT2D eigenvalue weighted by Gasteiger charge is -2.24. The Morgan fingerprint density at radius 3 is 2.48 bits per heavy atom. The van der Waals surface area contributed by atoms with E-state index in [4.69, 9.17) is 5.73 Å². The smallest absolute Gasteiger partial charge is 0.272 e. The van der Waals surface area contributed by atoms with Crippen LogP contribution in [0.3, 0.4) is 0 Å². The van der Waals surface area contributed by atoms with Crippen molar-refractivity contribution in [3.63, 3.8) is 0 Å². The van der Waals surface area contributed by atoms with E-state index in [1.54, 1.807) is 19.1 Å². The molecule has 0 aromatic heterocycles. The molecule has 21 heavy (non-hydrogen) atoms. The number of nitrogens with zero attached hydrogens (tertiary/aromatic N) is 2. The molecule has 2 N–H and O–H groups in total. The third-order valence-corrected chi connectivity index (χ3v) is 3.36. The minimum atomic E-state index is -0.358. The second kappa shape index (κ2) is 6.85. The van der Waals surface area contributed by atoms with E-state index in [-0.39, 0.29) is 10.6 Å². The molecule has 0 spiro atoms. The van der Waals surface area contributed by atoms with Gasteiger partial charge in [-0.1, -0.05) is 30.3 Å². The zero-order chi connectivity index (χ0) is 15.2. The normalized spacial score (nSPS) is 10.4. The molecule has 0 saturated carbocycles. The van der Waals surface area contributed by atoms with Crippen LogP contribution < -0.4 is 10.6 Å². The first kappa shape index (κ1) is 15.0. The third kappa shape index (κ3) is 3.79. The molecule has 0 aliphatic heterocycles. The maximum atomic E-state index is 10.9. The van der Waals surface area contributed by atoms with Gasteiger partial charge in [0.2, 0.25) is 0 Å². The zero-order valence-electron chi connectivity index (χ0n) is 12.0. The highest BCUT2D eigenvalue weighted by Gasteiger charge is 2.13. The summed E-state index contributed by atoms with van der Waals surface area (Å²) in [6.45, 7) is 3.72. The summed E-state index contributed by atoms with van der Waals surface area (Å²) in [5, 5.41) is 10.9. The second-order valence-electron chi connectivity index (χ2n) is 4.92. The lowest BCUT2D eigenvalue weighted by atomic mass is 10.1. The van der Waals surface area contributed by atoms with E-state index in [1.165, 1.54) is 5.56 Å². The van der Waals surface area contributed by atoms with Crippen molar-refractivity contribution < 1.29 is 4.92 Å². The molecule has 0 bridgehead atoms. The summed E-state index contributed by atoms with van der Waals surface area (Å²) >= 11 is 0. The van der Waals surface area contributed by atoms with E-state index in [2.05, 4.69) is 17.0 Å². The number of hydrogen-bond acceptors (Lipinski definition) is 4. The Hall–Kier alpha value is -2.40. The molecule has 0 radical (unpaired) electrons. The van der Waals surface area contributed by atoms with E-state index in [0.717, 1.165) is 12.2 Å². The number of nitro benzene ring substituents is 1. The van der Waals surface area contributed by atoms with Gasteiger partial charge in [0.15, 0.2) is 0 Å². The van der Waals surface area contributed by atoms with Gasteiger partial charge in [-0.2, -0.15) is 0 Å². The minimum Gasteiger partial charge on any atom is -0.366 e. The first-order chi connectivity index (χ1) is 10.1. The third-order valence-electron chi connectivity index (χ3n) is 3.36. The molecular formula is C16H19N3O2. The summed E-state index contributed by atoms with van der Waals surface area (Å²) in [5.41, 5.74) is 8.62. The average molecular weight is 285 g/mol. The minimum absolute atomic E-state index is 0.145. The number of nitro groups is 1. The van der Waals surface area contributed by atoms with Crippen LogP contribution in [-0.2, 0) is 6.54 Å². The molecule has 0 saturated heterocycles. The van der Waals surface area contributed by atoms with Crippen LogP contribution in [-0.4, -0.2) is 18.0 Å². The monoisotopic (exact) mass is 285 g/mol. The highest BCUT2D eigenvalue weighted by atomic mass is 16.6. The Balaban J connectivity index is 2.26. The first-order valence-corrected chi connectivity index (χ1v) is 6.86. The van der Waals surface area contributed by atoms with Gasteiger partial charge in [-0.3, -0.25) is 10.1 Å². The summed E-state index contributed by atoms with van der Waals surface area (Å²) in [7, 11) is 0. The van der Waals surface area contributed by atoms with Crippen molar-refractivity contribution in [3.8, 4) is 0 Å². The molecule has 0 heterocycles. The maximum Gasteiger partial charge on any atom is 0.272 e. The van der Waals surface area contributed by atoms with Crippen LogP contribution in [0, 0.1) is 17.0 Å². The Bertz CT molecular complexity index is 614. The predicted molar refractivity (Wildman–Crippen MR) is 84.4 cm³/mol. The van der Waals surface area contributed by atoms with Crippen LogP contribution in [0.5, 0.6) is 0 Å². The Morgan fingerprint density at radius 1 is 1.19 bits per heavy atom. The molecule has 0 atom stereocenters. The van der Waals surface area contributed by atoms with Gasteiger partial charge in [-0.15, -0.1) is 0 Å². The molecule has 5 heteroatoms. The van der Waals surface area contributed by atoms with Crippen LogP contribution in [0.4, 0.5) is 11.4 Å². The van der Waals surface area contributed by atoms with Crippen LogP contribution in [0.2, 0.25) is 0 Å². The highest BCUT2D eigenvalue weighted by molar-refractivity contribution is 5.55. The van der Waals surface area contributed by atoms with Gasteiger partial charge in [0.1, 0.15) is 0 Å². The lowest BCUT2D eigenvalue weighted by Crippen LogP contribution is -2.29. The summed E-state index contributed by atoms with van der Waals surface area (Å²) in [4.78, 5) is 12.7. The van der Waals surface area contributed by atoms with Gasteiger partial charge in [-0.05, 0) is 24.6 Å². The average Bonchev–Trinajstić information content (AvgIpc) is 2.47. The predicted octanol–water partition coefficient (Wildman–Crippen LogP) is 2.87. The van der Waals surface area contributed by atoms with Crippen molar-refractivity contribution in [2.24, 2.45) is 5.73 Å². The fourth-order valence-electron chi connectivity index (χ4n) is 2.30. The van der Waals surface area contributed by atoms with Crippen molar-refractivity contribution in [1.82, 2.24) is 0 Å². The Labute approximate surface area is 124 Å². The van der Waals surface area contributed by atoms with Crippen molar-refractivity contribution in [2.75, 3.05) is 18.0 Å². The summed E-state index contributed by atoms with van der Waals surface area (Å²) < 4.78 is 0. The molecule has 0 aliphatic carbocycles. The number of aryl methyl sites for hydroxylation is 1. The van der Waals surface area contributed by atoms with Gasteiger partial charge in [0.05, 0.1) is 4.92 Å². The second-order valence-corrected chi connectivity index (χ2v) is 4.92. The standard InChI is InChI=1S/C16H19N3O2/c1-13-11-15(7-8-16(13)19(20)21)18(10-9-17)12-14-5-3-2-4-6-14/h2-8,11H,9-10,12,17H2,1H3. The molecule has 2 aromatic rings. The fourth-order valence-corrected chi connectivity index (χ4v) is 2.30. The van der Waals surface area contributed by atoms with Gasteiger partial charge >= 0.3 is 0 Å². The van der Waals surface area contributed by atoms with E-state index in [1.807, 2.05) is 24.3 Å². The number of nitrogens with two attached hydrogens (primary N) is 1. The molecule has 2 rings (SSSR count). The zero-order valence-corrected chi connectivity index (χ0v) is 12.0. The van der Waals surface area contributed by atoms with Gasteiger partial charge in [0.25, 0.3) is 5.69 Å². The molecule has 0 aliphatic rings. The van der Waals surface area contributed by atoms with Crippen molar-refractivity contribution in [3.05, 3.63) is 69.8 Å². The molecule has 0 unspecified atom stereocenters. The molecule has 0 fully saturated rings. The first-order valence-electron chi connectivity index (χ1n) is 6.86. The molecule has 0 amide bonds. The van der Waals surface area contributed by atoms with E-state index in [9.17, 15) is 10.1 Å². The maximum absolute atomic E-state index is 10.9. The quantitative estimate of drug-likeness (QED) is 0.654. The van der Waals surface area contributed by atoms with Crippen molar-refractivity contribution in [1.29, 1.82) is 0 Å². The van der Waals surface area contributed by atoms with Crippen LogP contribution in [0.1, 0.15) is 11.1 Å². The van der Waals surface area contributed by atoms with Gasteiger partial charge in [-0.25, -0.2) is 0 Å². The van der Waals surface area contributed by atoms with Gasteiger partial charge in [0, 0.05) is 37.0 Å². The van der Waals surface area contributed by atoms with Crippen molar-refractivity contribution in [2.45, 2.75) is 13.5 Å². The summed E-state index contributed by atoms with van der Waals surface area (Å²) in [6.07, 6.45) is 0. The summed E-state index contributed by atoms with van der Waals surface area (Å²) in [5.74, 6) is 0.